The maximum atomic E-state index is 14.8. The Bertz CT molecular complexity index is 2020. The second kappa shape index (κ2) is 16.2. The topological polar surface area (TPSA) is 158 Å². The van der Waals surface area contributed by atoms with Crippen molar-refractivity contribution in [3.63, 3.8) is 0 Å². The first-order chi connectivity index (χ1) is 26.8. The zero-order valence-electron chi connectivity index (χ0n) is 33.0. The molecule has 57 heavy (non-hydrogen) atoms. The van der Waals surface area contributed by atoms with E-state index in [4.69, 9.17) is 14.2 Å². The number of rotatable bonds is 10. The van der Waals surface area contributed by atoms with Crippen LogP contribution in [0.5, 0.6) is 11.6 Å². The normalized spacial score (nSPS) is 30.2. The van der Waals surface area contributed by atoms with Crippen LogP contribution < -0.4 is 14.2 Å². The highest BCUT2D eigenvalue weighted by molar-refractivity contribution is 7.91. The molecule has 16 heteroatoms. The van der Waals surface area contributed by atoms with Gasteiger partial charge in [-0.15, -0.1) is 0 Å². The van der Waals surface area contributed by atoms with Gasteiger partial charge in [0, 0.05) is 24.4 Å². The Morgan fingerprint density at radius 1 is 1.12 bits per heavy atom. The lowest BCUT2D eigenvalue weighted by Crippen LogP contribution is -2.48. The van der Waals surface area contributed by atoms with E-state index in [9.17, 15) is 40.8 Å². The molecule has 4 aliphatic rings. The number of halogens is 3. The summed E-state index contributed by atoms with van der Waals surface area (Å²) in [6, 6.07) is 6.03. The van der Waals surface area contributed by atoms with Gasteiger partial charge in [0.25, 0.3) is 0 Å². The van der Waals surface area contributed by atoms with Gasteiger partial charge in [0.05, 0.1) is 41.7 Å². The van der Waals surface area contributed by atoms with Gasteiger partial charge >= 0.3 is 12.1 Å². The molecule has 0 spiro atoms. The zero-order chi connectivity index (χ0) is 41.5. The number of sulfonamides is 1. The van der Waals surface area contributed by atoms with Gasteiger partial charge in [0.2, 0.25) is 27.7 Å². The van der Waals surface area contributed by atoms with Gasteiger partial charge in [-0.1, -0.05) is 26.0 Å². The molecule has 0 unspecified atom stereocenters. The quantitative estimate of drug-likeness (QED) is 0.209. The highest BCUT2D eigenvalue weighted by Gasteiger charge is 2.62. The number of esters is 1. The van der Waals surface area contributed by atoms with Gasteiger partial charge in [0.15, 0.2) is 11.9 Å². The Morgan fingerprint density at radius 2 is 1.86 bits per heavy atom. The Morgan fingerprint density at radius 3 is 2.54 bits per heavy atom. The number of Topliss-reactive ketones (excluding diaryl/α,β-unsaturated/α-hetero) is 1. The molecule has 6 rings (SSSR count). The minimum Gasteiger partial charge on any atom is -0.494 e. The second-order valence-corrected chi connectivity index (χ2v) is 18.9. The van der Waals surface area contributed by atoms with Gasteiger partial charge in [-0.3, -0.25) is 23.9 Å². The van der Waals surface area contributed by atoms with Gasteiger partial charge in [-0.2, -0.15) is 13.2 Å². The first-order valence-electron chi connectivity index (χ1n) is 19.8. The highest BCUT2D eigenvalue weighted by atomic mass is 32.2. The number of carbonyl (C=O) groups is 4. The summed E-state index contributed by atoms with van der Waals surface area (Å²) >= 11 is 0. The van der Waals surface area contributed by atoms with Crippen molar-refractivity contribution in [2.24, 2.45) is 29.1 Å². The maximum Gasteiger partial charge on any atom is 0.425 e. The number of alkyl halides is 3. The summed E-state index contributed by atoms with van der Waals surface area (Å²) in [5.74, 6) is -4.21. The van der Waals surface area contributed by atoms with Crippen molar-refractivity contribution in [2.45, 2.75) is 122 Å². The maximum absolute atomic E-state index is 14.8. The van der Waals surface area contributed by atoms with Crippen LogP contribution in [0.4, 0.5) is 13.2 Å². The van der Waals surface area contributed by atoms with Gasteiger partial charge in [0.1, 0.15) is 11.9 Å². The standard InChI is InChI=1S/C41H52F3N3O9S/c1-6-54-29-11-12-31-27(18-29)13-16-45-36(31)56-30-19-33-34(48)22-40(38(51)46-57(52,53)39(5)14-15-39)21-28(40)10-8-7-9-24(2)17-25(3)32(37(50)47(33)23-30)20-35(49)55-26(4)41(42,43)44/h8,10-13,16,18,24-26,28,30,32-33H,6-7,9,14-15,17,19-23H2,1-5H3,(H,46,51)/b10-8-/t24-,25+,26+,28+,30+,32-,33-,40+/m0/s1. The van der Waals surface area contributed by atoms with Crippen LogP contribution in [0.3, 0.4) is 0 Å². The summed E-state index contributed by atoms with van der Waals surface area (Å²) in [6.45, 7) is 8.24. The predicted molar refractivity (Wildman–Crippen MR) is 203 cm³/mol. The Labute approximate surface area is 331 Å². The van der Waals surface area contributed by atoms with Crippen LogP contribution in [-0.2, 0) is 33.9 Å². The van der Waals surface area contributed by atoms with Crippen LogP contribution in [0.15, 0.2) is 42.6 Å². The van der Waals surface area contributed by atoms with Crippen LogP contribution in [0.2, 0.25) is 0 Å². The molecule has 2 aliphatic carbocycles. The third-order valence-electron chi connectivity index (χ3n) is 12.2. The van der Waals surface area contributed by atoms with Crippen LogP contribution >= 0.6 is 0 Å². The molecular weight excluding hydrogens is 768 g/mol. The number of hydrogen-bond donors (Lipinski definition) is 1. The number of amides is 2. The van der Waals surface area contributed by atoms with Crippen molar-refractivity contribution in [1.82, 2.24) is 14.6 Å². The lowest BCUT2D eigenvalue weighted by atomic mass is 9.82. The van der Waals surface area contributed by atoms with Crippen molar-refractivity contribution in [3.8, 4) is 11.6 Å². The van der Waals surface area contributed by atoms with Gasteiger partial charge < -0.3 is 19.1 Å². The molecule has 0 bridgehead atoms. The molecule has 2 aliphatic heterocycles. The minimum absolute atomic E-state index is 0.0126. The summed E-state index contributed by atoms with van der Waals surface area (Å²) in [6.07, 6.45) is -0.892. The molecule has 312 valence electrons. The van der Waals surface area contributed by atoms with E-state index in [2.05, 4.69) is 9.71 Å². The molecule has 3 fully saturated rings. The molecule has 2 amide bonds. The second-order valence-electron chi connectivity index (χ2n) is 16.7. The van der Waals surface area contributed by atoms with Crippen molar-refractivity contribution < 1.29 is 55.0 Å². The number of ether oxygens (including phenoxy) is 3. The summed E-state index contributed by atoms with van der Waals surface area (Å²) < 4.78 is 84.5. The molecule has 1 saturated heterocycles. The van der Waals surface area contributed by atoms with E-state index in [1.807, 2.05) is 32.1 Å². The summed E-state index contributed by atoms with van der Waals surface area (Å²) in [4.78, 5) is 62.1. The van der Waals surface area contributed by atoms with Crippen molar-refractivity contribution in [1.29, 1.82) is 0 Å². The fourth-order valence-electron chi connectivity index (χ4n) is 8.21. The van der Waals surface area contributed by atoms with Crippen LogP contribution in [0.25, 0.3) is 10.8 Å². The van der Waals surface area contributed by atoms with E-state index in [-0.39, 0.29) is 37.6 Å². The van der Waals surface area contributed by atoms with Crippen LogP contribution in [-0.4, -0.2) is 84.2 Å². The largest absolute Gasteiger partial charge is 0.494 e. The van der Waals surface area contributed by atoms with Crippen molar-refractivity contribution in [2.75, 3.05) is 13.2 Å². The van der Waals surface area contributed by atoms with Gasteiger partial charge in [-0.25, -0.2) is 13.4 Å². The van der Waals surface area contributed by atoms with Crippen LogP contribution in [0, 0.1) is 29.1 Å². The molecule has 2 saturated carbocycles. The first kappa shape index (κ1) is 42.4. The summed E-state index contributed by atoms with van der Waals surface area (Å²) in [5.41, 5.74) is -1.37. The monoisotopic (exact) mass is 819 g/mol. The minimum atomic E-state index is -4.80. The average Bonchev–Trinajstić information content (AvgIpc) is 4.01. The Kier molecular flexibility index (Phi) is 12.1. The van der Waals surface area contributed by atoms with E-state index in [0.29, 0.717) is 49.8 Å². The number of aromatic nitrogens is 1. The number of pyridine rings is 1. The zero-order valence-corrected chi connectivity index (χ0v) is 33.8. The molecule has 0 radical (unpaired) electrons. The SMILES string of the molecule is CCOc1ccc2c(O[C@@H]3C[C@H]4C(=O)C[C@]5(C(=O)NS(=O)(=O)C6(C)CC6)C[C@H]5/C=C\CC[C@H](C)C[C@@H](C)[C@H](CC(=O)O[C@H](C)C(F)(F)F)C(=O)N4C3)nccc2c1. The predicted octanol–water partition coefficient (Wildman–Crippen LogP) is 6.46. The number of carbonyl (C=O) groups excluding carboxylic acids is 4. The molecule has 1 aromatic heterocycles. The number of ketones is 1. The number of nitrogens with zero attached hydrogens (tertiary/aromatic N) is 2. The smallest absolute Gasteiger partial charge is 0.425 e. The van der Waals surface area contributed by atoms with E-state index < -0.39 is 92.4 Å². The number of allylic oxidation sites excluding steroid dienone is 2. The van der Waals surface area contributed by atoms with E-state index >= 15 is 0 Å². The Hall–Kier alpha value is -4.21. The number of fused-ring (bicyclic) bond motifs is 3. The molecular formula is C41H52F3N3O9S. The van der Waals surface area contributed by atoms with E-state index in [0.717, 1.165) is 12.3 Å². The number of hydrogen-bond acceptors (Lipinski definition) is 10. The molecule has 2 aromatic rings. The molecule has 8 atom stereocenters. The molecule has 1 aromatic carbocycles. The third kappa shape index (κ3) is 9.25. The molecule has 12 nitrogen and oxygen atoms in total. The average molecular weight is 820 g/mol. The summed E-state index contributed by atoms with van der Waals surface area (Å²) in [5, 5.41) is 1.43. The third-order valence-corrected chi connectivity index (χ3v) is 14.4. The highest BCUT2D eigenvalue weighted by Crippen LogP contribution is 2.57. The number of benzene rings is 1. The van der Waals surface area contributed by atoms with E-state index in [1.54, 1.807) is 38.2 Å². The lowest BCUT2D eigenvalue weighted by Gasteiger charge is -2.32. The fraction of sp³-hybridized carbons (Fsp3) is 0.634. The molecule has 3 heterocycles. The van der Waals surface area contributed by atoms with Crippen molar-refractivity contribution >= 4 is 44.4 Å². The van der Waals surface area contributed by atoms with Crippen LogP contribution in [0.1, 0.15) is 92.4 Å². The van der Waals surface area contributed by atoms with E-state index in [1.165, 1.54) is 4.90 Å². The fourth-order valence-corrected chi connectivity index (χ4v) is 9.55. The van der Waals surface area contributed by atoms with Crippen molar-refractivity contribution in [3.05, 3.63) is 42.6 Å². The Balaban J connectivity index is 1.34. The number of nitrogens with one attached hydrogen (secondary N) is 1. The lowest BCUT2D eigenvalue weighted by molar-refractivity contribution is -0.216. The molecule has 1 N–H and O–H groups in total. The van der Waals surface area contributed by atoms with Gasteiger partial charge in [-0.05, 0) is 107 Å². The first-order valence-corrected chi connectivity index (χ1v) is 21.3. The summed E-state index contributed by atoms with van der Waals surface area (Å²) in [7, 11) is -4.02.